The number of aryl methyl sites for hydroxylation is 1. The van der Waals surface area contributed by atoms with Crippen LogP contribution in [-0.4, -0.2) is 11.2 Å². The van der Waals surface area contributed by atoms with Gasteiger partial charge in [-0.1, -0.05) is 6.92 Å². The lowest BCUT2D eigenvalue weighted by Gasteiger charge is -2.09. The van der Waals surface area contributed by atoms with Crippen molar-refractivity contribution in [3.05, 3.63) is 48.3 Å². The number of nitrogens with one attached hydrogen (secondary N) is 1. The second-order valence-corrected chi connectivity index (χ2v) is 4.34. The van der Waals surface area contributed by atoms with E-state index in [1.807, 2.05) is 24.3 Å². The third-order valence-corrected chi connectivity index (χ3v) is 2.85. The molecule has 0 atom stereocenters. The van der Waals surface area contributed by atoms with E-state index in [0.29, 0.717) is 0 Å². The molecule has 1 aromatic heterocycles. The van der Waals surface area contributed by atoms with E-state index in [-0.39, 0.29) is 0 Å². The molecular formula is C15H20N2O. The number of anilines is 1. The average Bonchev–Trinajstić information content (AvgIpc) is 2.81. The fourth-order valence-electron chi connectivity index (χ4n) is 1.76. The van der Waals surface area contributed by atoms with Gasteiger partial charge in [0.25, 0.3) is 0 Å². The Hall–Kier alpha value is -1.90. The molecule has 0 aliphatic carbocycles. The molecule has 0 saturated heterocycles. The Morgan fingerprint density at radius 1 is 1.17 bits per heavy atom. The molecule has 0 saturated carbocycles. The van der Waals surface area contributed by atoms with Gasteiger partial charge in [0, 0.05) is 24.6 Å². The number of benzene rings is 1. The number of nitrogens with zero attached hydrogens (tertiary/aromatic N) is 1. The summed E-state index contributed by atoms with van der Waals surface area (Å²) in [5.41, 5.74) is 2.38. The molecule has 0 aliphatic rings. The Morgan fingerprint density at radius 3 is 2.56 bits per heavy atom. The maximum atomic E-state index is 5.55. The summed E-state index contributed by atoms with van der Waals surface area (Å²) in [6.45, 7) is 3.71. The largest absolute Gasteiger partial charge is 0.494 e. The quantitative estimate of drug-likeness (QED) is 0.842. The molecule has 0 aliphatic heterocycles. The minimum atomic E-state index is 0.774. The van der Waals surface area contributed by atoms with Crippen LogP contribution in [0, 0.1) is 0 Å². The highest BCUT2D eigenvalue weighted by molar-refractivity contribution is 5.46. The summed E-state index contributed by atoms with van der Waals surface area (Å²) in [4.78, 5) is 0. The van der Waals surface area contributed by atoms with Gasteiger partial charge in [0.05, 0.1) is 13.2 Å². The summed E-state index contributed by atoms with van der Waals surface area (Å²) < 4.78 is 7.66. The molecule has 0 fully saturated rings. The Morgan fingerprint density at radius 2 is 1.94 bits per heavy atom. The van der Waals surface area contributed by atoms with E-state index < -0.39 is 0 Å². The van der Waals surface area contributed by atoms with Gasteiger partial charge in [-0.2, -0.15) is 0 Å². The van der Waals surface area contributed by atoms with Gasteiger partial charge in [-0.15, -0.1) is 0 Å². The van der Waals surface area contributed by atoms with Crippen molar-refractivity contribution in [2.24, 2.45) is 7.05 Å². The average molecular weight is 244 g/mol. The molecule has 3 nitrogen and oxygen atoms in total. The van der Waals surface area contributed by atoms with Crippen molar-refractivity contribution in [1.82, 2.24) is 4.57 Å². The van der Waals surface area contributed by atoms with Crippen LogP contribution in [0.1, 0.15) is 19.0 Å². The zero-order valence-electron chi connectivity index (χ0n) is 11.0. The van der Waals surface area contributed by atoms with E-state index in [2.05, 4.69) is 42.2 Å². The van der Waals surface area contributed by atoms with Gasteiger partial charge in [0.2, 0.25) is 0 Å². The fraction of sp³-hybridized carbons (Fsp3) is 0.333. The van der Waals surface area contributed by atoms with E-state index in [1.165, 1.54) is 5.69 Å². The summed E-state index contributed by atoms with van der Waals surface area (Å²) in [5, 5.41) is 3.39. The lowest BCUT2D eigenvalue weighted by atomic mass is 10.3. The van der Waals surface area contributed by atoms with Crippen molar-refractivity contribution >= 4 is 5.69 Å². The summed E-state index contributed by atoms with van der Waals surface area (Å²) in [5.74, 6) is 0.932. The lowest BCUT2D eigenvalue weighted by molar-refractivity contribution is 0.317. The van der Waals surface area contributed by atoms with Crippen molar-refractivity contribution in [3.63, 3.8) is 0 Å². The van der Waals surface area contributed by atoms with Gasteiger partial charge in [-0.3, -0.25) is 0 Å². The summed E-state index contributed by atoms with van der Waals surface area (Å²) >= 11 is 0. The Bertz CT molecular complexity index is 473. The molecule has 0 spiro atoms. The van der Waals surface area contributed by atoms with E-state index in [4.69, 9.17) is 4.74 Å². The van der Waals surface area contributed by atoms with E-state index in [9.17, 15) is 0 Å². The Labute approximate surface area is 108 Å². The second kappa shape index (κ2) is 6.15. The first-order valence-corrected chi connectivity index (χ1v) is 6.36. The van der Waals surface area contributed by atoms with Crippen LogP contribution < -0.4 is 10.1 Å². The molecule has 0 amide bonds. The maximum absolute atomic E-state index is 5.55. The predicted molar refractivity (Wildman–Crippen MR) is 75.0 cm³/mol. The molecule has 2 aromatic rings. The number of aromatic nitrogens is 1. The molecule has 1 N–H and O–H groups in total. The minimum Gasteiger partial charge on any atom is -0.494 e. The molecule has 0 bridgehead atoms. The number of hydrogen-bond donors (Lipinski definition) is 1. The van der Waals surface area contributed by atoms with Gasteiger partial charge in [0.1, 0.15) is 5.75 Å². The standard InChI is InChI=1S/C15H20N2O/c1-3-11-18-15-8-6-13(7-9-15)16-12-14-5-4-10-17(14)2/h4-10,16H,3,11-12H2,1-2H3. The molecule has 0 unspecified atom stereocenters. The molecule has 2 rings (SSSR count). The van der Waals surface area contributed by atoms with Crippen LogP contribution in [0.2, 0.25) is 0 Å². The highest BCUT2D eigenvalue weighted by Gasteiger charge is 1.98. The van der Waals surface area contributed by atoms with Crippen LogP contribution in [0.5, 0.6) is 5.75 Å². The third-order valence-electron chi connectivity index (χ3n) is 2.85. The van der Waals surface area contributed by atoms with Gasteiger partial charge in [0.15, 0.2) is 0 Å². The molecule has 3 heteroatoms. The molecule has 1 heterocycles. The van der Waals surface area contributed by atoms with Gasteiger partial charge in [-0.05, 0) is 42.8 Å². The fourth-order valence-corrected chi connectivity index (χ4v) is 1.76. The van der Waals surface area contributed by atoms with E-state index >= 15 is 0 Å². The number of rotatable bonds is 6. The second-order valence-electron chi connectivity index (χ2n) is 4.34. The van der Waals surface area contributed by atoms with Crippen molar-refractivity contribution in [1.29, 1.82) is 0 Å². The summed E-state index contributed by atoms with van der Waals surface area (Å²) in [7, 11) is 2.05. The van der Waals surface area contributed by atoms with Crippen LogP contribution in [-0.2, 0) is 13.6 Å². The molecule has 18 heavy (non-hydrogen) atoms. The van der Waals surface area contributed by atoms with Crippen LogP contribution in [0.4, 0.5) is 5.69 Å². The lowest BCUT2D eigenvalue weighted by Crippen LogP contribution is -2.03. The third kappa shape index (κ3) is 3.29. The molecular weight excluding hydrogens is 224 g/mol. The zero-order valence-corrected chi connectivity index (χ0v) is 11.0. The summed E-state index contributed by atoms with van der Waals surface area (Å²) in [6.07, 6.45) is 3.09. The first-order valence-electron chi connectivity index (χ1n) is 6.36. The first kappa shape index (κ1) is 12.6. The van der Waals surface area contributed by atoms with Gasteiger partial charge in [-0.25, -0.2) is 0 Å². The van der Waals surface area contributed by atoms with Crippen LogP contribution in [0.25, 0.3) is 0 Å². The normalized spacial score (nSPS) is 10.3. The van der Waals surface area contributed by atoms with Crippen molar-refractivity contribution in [2.45, 2.75) is 19.9 Å². The van der Waals surface area contributed by atoms with Crippen LogP contribution in [0.15, 0.2) is 42.6 Å². The van der Waals surface area contributed by atoms with Crippen molar-refractivity contribution in [2.75, 3.05) is 11.9 Å². The van der Waals surface area contributed by atoms with Crippen molar-refractivity contribution < 1.29 is 4.74 Å². The summed E-state index contributed by atoms with van der Waals surface area (Å²) in [6, 6.07) is 12.3. The Kier molecular flexibility index (Phi) is 4.29. The monoisotopic (exact) mass is 244 g/mol. The predicted octanol–water partition coefficient (Wildman–Crippen LogP) is 3.43. The highest BCUT2D eigenvalue weighted by atomic mass is 16.5. The number of hydrogen-bond acceptors (Lipinski definition) is 2. The number of ether oxygens (including phenoxy) is 1. The Balaban J connectivity index is 1.88. The van der Waals surface area contributed by atoms with Gasteiger partial charge >= 0.3 is 0 Å². The van der Waals surface area contributed by atoms with Gasteiger partial charge < -0.3 is 14.6 Å². The minimum absolute atomic E-state index is 0.774. The molecule has 96 valence electrons. The SMILES string of the molecule is CCCOc1ccc(NCc2cccn2C)cc1. The van der Waals surface area contributed by atoms with E-state index in [0.717, 1.165) is 31.0 Å². The van der Waals surface area contributed by atoms with Crippen molar-refractivity contribution in [3.8, 4) is 5.75 Å². The maximum Gasteiger partial charge on any atom is 0.119 e. The first-order chi connectivity index (χ1) is 8.79. The highest BCUT2D eigenvalue weighted by Crippen LogP contribution is 2.16. The molecule has 1 aromatic carbocycles. The van der Waals surface area contributed by atoms with Crippen LogP contribution >= 0.6 is 0 Å². The topological polar surface area (TPSA) is 26.2 Å². The van der Waals surface area contributed by atoms with Crippen LogP contribution in [0.3, 0.4) is 0 Å². The smallest absolute Gasteiger partial charge is 0.119 e. The zero-order chi connectivity index (χ0) is 12.8. The van der Waals surface area contributed by atoms with E-state index in [1.54, 1.807) is 0 Å². The molecule has 0 radical (unpaired) electrons.